The van der Waals surface area contributed by atoms with Crippen LogP contribution in [0, 0.1) is 5.82 Å². The third-order valence-electron chi connectivity index (χ3n) is 6.21. The van der Waals surface area contributed by atoms with Crippen LogP contribution in [0.4, 0.5) is 36.8 Å². The number of pyridine rings is 1. The Morgan fingerprint density at radius 2 is 1.55 bits per heavy atom. The Bertz CT molecular complexity index is 1490. The molecule has 4 aromatic rings. The summed E-state index contributed by atoms with van der Waals surface area (Å²) in [5, 5.41) is 5.13. The summed E-state index contributed by atoms with van der Waals surface area (Å²) in [5.41, 5.74) is -3.41. The lowest BCUT2D eigenvalue weighted by Crippen LogP contribution is -2.50. The summed E-state index contributed by atoms with van der Waals surface area (Å²) in [5.74, 6) is -4.87. The van der Waals surface area contributed by atoms with Crippen LogP contribution in [0.5, 0.6) is 0 Å². The van der Waals surface area contributed by atoms with E-state index in [0.29, 0.717) is 12.5 Å². The summed E-state index contributed by atoms with van der Waals surface area (Å²) in [4.78, 5) is 17.7. The molecule has 1 aromatic heterocycles. The molecule has 1 atom stereocenters. The van der Waals surface area contributed by atoms with Crippen LogP contribution in [0.3, 0.4) is 0 Å². The van der Waals surface area contributed by atoms with Gasteiger partial charge in [-0.3, -0.25) is 4.98 Å². The minimum absolute atomic E-state index is 0.0189. The Kier molecular flexibility index (Phi) is 8.11. The summed E-state index contributed by atoms with van der Waals surface area (Å²) < 4.78 is 83.9. The van der Waals surface area contributed by atoms with Gasteiger partial charge in [-0.25, -0.2) is 18.0 Å². The van der Waals surface area contributed by atoms with Gasteiger partial charge in [0.2, 0.25) is 0 Å². The van der Waals surface area contributed by atoms with E-state index >= 15 is 0 Å². The van der Waals surface area contributed by atoms with E-state index in [9.17, 15) is 31.1 Å². The van der Waals surface area contributed by atoms with Crippen LogP contribution in [0.15, 0.2) is 91.1 Å². The maximum Gasteiger partial charge on any atom is 0.416 e. The van der Waals surface area contributed by atoms with Crippen LogP contribution in [-0.2, 0) is 24.1 Å². The molecule has 11 heteroatoms. The average Bonchev–Trinajstić information content (AvgIpc) is 2.89. The third kappa shape index (κ3) is 6.39. The van der Waals surface area contributed by atoms with Crippen molar-refractivity contribution in [2.75, 3.05) is 5.32 Å². The first-order chi connectivity index (χ1) is 18.8. The molecule has 3 aromatic carbocycles. The number of amides is 2. The highest BCUT2D eigenvalue weighted by atomic mass is 35.5. The molecule has 0 fully saturated rings. The summed E-state index contributed by atoms with van der Waals surface area (Å²) >= 11 is 6.02. The van der Waals surface area contributed by atoms with E-state index in [2.05, 4.69) is 15.6 Å². The number of nitrogens with one attached hydrogen (secondary N) is 2. The van der Waals surface area contributed by atoms with Gasteiger partial charge < -0.3 is 10.6 Å². The first-order valence-corrected chi connectivity index (χ1v) is 12.3. The van der Waals surface area contributed by atoms with Crippen molar-refractivity contribution in [1.29, 1.82) is 0 Å². The highest BCUT2D eigenvalue weighted by molar-refractivity contribution is 6.30. The Balaban J connectivity index is 1.86. The predicted molar refractivity (Wildman–Crippen MR) is 140 cm³/mol. The van der Waals surface area contributed by atoms with Crippen molar-refractivity contribution >= 4 is 23.3 Å². The lowest BCUT2D eigenvalue weighted by molar-refractivity contribution is -0.137. The Hall–Kier alpha value is -4.05. The second kappa shape index (κ2) is 11.2. The highest BCUT2D eigenvalue weighted by Gasteiger charge is 2.40. The average molecular weight is 578 g/mol. The number of benzene rings is 3. The second-order valence-electron chi connectivity index (χ2n) is 9.14. The SMILES string of the molecule is CC(F)(F)c1cccc(NC(=O)NC(Cc2ccccc2)(c2cccc(C(F)(F)F)c2)c2ccc(Cl)cn2)c1F. The summed E-state index contributed by atoms with van der Waals surface area (Å²) in [6.45, 7) is 0.514. The number of carbonyl (C=O) groups is 1. The van der Waals surface area contributed by atoms with Crippen LogP contribution < -0.4 is 10.6 Å². The lowest BCUT2D eigenvalue weighted by Gasteiger charge is -2.36. The Morgan fingerprint density at radius 1 is 0.875 bits per heavy atom. The van der Waals surface area contributed by atoms with Crippen molar-refractivity contribution in [3.8, 4) is 0 Å². The van der Waals surface area contributed by atoms with E-state index in [4.69, 9.17) is 11.6 Å². The summed E-state index contributed by atoms with van der Waals surface area (Å²) in [6.07, 6.45) is -3.50. The van der Waals surface area contributed by atoms with E-state index in [1.165, 1.54) is 30.5 Å². The maximum atomic E-state index is 14.9. The van der Waals surface area contributed by atoms with E-state index in [-0.39, 0.29) is 22.7 Å². The molecule has 1 heterocycles. The fourth-order valence-electron chi connectivity index (χ4n) is 4.33. The molecule has 0 radical (unpaired) electrons. The molecule has 2 N–H and O–H groups in total. The first-order valence-electron chi connectivity index (χ1n) is 11.9. The zero-order valence-corrected chi connectivity index (χ0v) is 21.6. The summed E-state index contributed by atoms with van der Waals surface area (Å²) in [7, 11) is 0. The smallest absolute Gasteiger partial charge is 0.322 e. The van der Waals surface area contributed by atoms with Gasteiger partial charge in [0.15, 0.2) is 5.82 Å². The predicted octanol–water partition coefficient (Wildman–Crippen LogP) is 8.31. The highest BCUT2D eigenvalue weighted by Crippen LogP contribution is 2.38. The van der Waals surface area contributed by atoms with Gasteiger partial charge in [-0.1, -0.05) is 60.1 Å². The van der Waals surface area contributed by atoms with Crippen LogP contribution in [0.1, 0.15) is 34.9 Å². The molecule has 1 unspecified atom stereocenters. The molecule has 208 valence electrons. The van der Waals surface area contributed by atoms with Crippen LogP contribution in [0.2, 0.25) is 5.02 Å². The fourth-order valence-corrected chi connectivity index (χ4v) is 4.44. The molecule has 0 bridgehead atoms. The van der Waals surface area contributed by atoms with Crippen molar-refractivity contribution in [3.63, 3.8) is 0 Å². The maximum absolute atomic E-state index is 14.9. The number of halogens is 7. The quantitative estimate of drug-likeness (QED) is 0.217. The zero-order chi connectivity index (χ0) is 29.1. The Labute approximate surface area is 231 Å². The van der Waals surface area contributed by atoms with Crippen molar-refractivity contribution in [2.24, 2.45) is 0 Å². The van der Waals surface area contributed by atoms with Gasteiger partial charge in [0, 0.05) is 19.5 Å². The molecule has 0 spiro atoms. The van der Waals surface area contributed by atoms with E-state index in [1.54, 1.807) is 30.3 Å². The van der Waals surface area contributed by atoms with Gasteiger partial charge >= 0.3 is 12.2 Å². The fraction of sp³-hybridized carbons (Fsp3) is 0.172. The topological polar surface area (TPSA) is 54.0 Å². The van der Waals surface area contributed by atoms with Crippen molar-refractivity contribution in [1.82, 2.24) is 10.3 Å². The second-order valence-corrected chi connectivity index (χ2v) is 9.58. The van der Waals surface area contributed by atoms with E-state index < -0.39 is 46.3 Å². The molecule has 4 rings (SSSR count). The number of rotatable bonds is 7. The number of carbonyl (C=O) groups excluding carboxylic acids is 1. The molecule has 0 aliphatic heterocycles. The Morgan fingerprint density at radius 3 is 2.17 bits per heavy atom. The zero-order valence-electron chi connectivity index (χ0n) is 20.9. The van der Waals surface area contributed by atoms with Gasteiger partial charge in [-0.05, 0) is 47.5 Å². The van der Waals surface area contributed by atoms with Crippen molar-refractivity contribution in [2.45, 2.75) is 31.0 Å². The number of anilines is 1. The monoisotopic (exact) mass is 577 g/mol. The molecule has 0 aliphatic carbocycles. The summed E-state index contributed by atoms with van der Waals surface area (Å²) in [6, 6.07) is 17.9. The largest absolute Gasteiger partial charge is 0.416 e. The normalized spacial score (nSPS) is 13.4. The molecular weight excluding hydrogens is 556 g/mol. The third-order valence-corrected chi connectivity index (χ3v) is 6.43. The van der Waals surface area contributed by atoms with Gasteiger partial charge in [0.1, 0.15) is 5.54 Å². The molecule has 0 aliphatic rings. The number of hydrogen-bond acceptors (Lipinski definition) is 2. The molecule has 4 nitrogen and oxygen atoms in total. The molecule has 2 amide bonds. The van der Waals surface area contributed by atoms with Crippen LogP contribution in [-0.4, -0.2) is 11.0 Å². The molecule has 0 saturated carbocycles. The number of nitrogens with zero attached hydrogens (tertiary/aromatic N) is 1. The van der Waals surface area contributed by atoms with Gasteiger partial charge in [-0.2, -0.15) is 13.2 Å². The van der Waals surface area contributed by atoms with Crippen molar-refractivity contribution in [3.05, 3.63) is 130 Å². The van der Waals surface area contributed by atoms with Crippen LogP contribution >= 0.6 is 11.6 Å². The van der Waals surface area contributed by atoms with Gasteiger partial charge in [0.25, 0.3) is 5.92 Å². The molecule has 40 heavy (non-hydrogen) atoms. The lowest BCUT2D eigenvalue weighted by atomic mass is 9.80. The number of aromatic nitrogens is 1. The van der Waals surface area contributed by atoms with Gasteiger partial charge in [-0.15, -0.1) is 0 Å². The minimum Gasteiger partial charge on any atom is -0.322 e. The number of alkyl halides is 5. The number of urea groups is 1. The number of hydrogen-bond donors (Lipinski definition) is 2. The minimum atomic E-state index is -4.70. The standard InChI is InChI=1S/C29H22ClF6N3O/c1-27(32,33)22-11-6-12-23(25(22)31)38-26(40)39-28(16-18-7-3-2-4-8-18,24-14-13-21(30)17-37-24)19-9-5-10-20(15-19)29(34,35)36/h2-15,17H,16H2,1H3,(H2,38,39,40). The van der Waals surface area contributed by atoms with Crippen molar-refractivity contribution < 1.29 is 31.1 Å². The first kappa shape index (κ1) is 28.9. The van der Waals surface area contributed by atoms with Gasteiger partial charge in [0.05, 0.1) is 27.5 Å². The van der Waals surface area contributed by atoms with Crippen LogP contribution in [0.25, 0.3) is 0 Å². The van der Waals surface area contributed by atoms with E-state index in [0.717, 1.165) is 30.3 Å². The molecule has 0 saturated heterocycles. The van der Waals surface area contributed by atoms with E-state index in [1.807, 2.05) is 0 Å². The molecular formula is C29H22ClF6N3O.